The molecule has 0 saturated carbocycles. The Labute approximate surface area is 114 Å². The van der Waals surface area contributed by atoms with E-state index >= 15 is 0 Å². The molecule has 20 heavy (non-hydrogen) atoms. The third kappa shape index (κ3) is 3.10. The number of hydrogen-bond donors (Lipinski definition) is 2. The fourth-order valence-electron chi connectivity index (χ4n) is 1.67. The predicted octanol–water partition coefficient (Wildman–Crippen LogP) is 2.07. The Hall–Kier alpha value is -2.47. The SMILES string of the molecule is NNC(=O)C(Oc1cc(F)ccc1F)c1ccccc1. The quantitative estimate of drug-likeness (QED) is 0.511. The molecule has 2 aromatic rings. The van der Waals surface area contributed by atoms with Crippen molar-refractivity contribution in [3.8, 4) is 5.75 Å². The van der Waals surface area contributed by atoms with E-state index in [0.29, 0.717) is 5.56 Å². The van der Waals surface area contributed by atoms with Crippen molar-refractivity contribution < 1.29 is 18.3 Å². The van der Waals surface area contributed by atoms with Gasteiger partial charge in [-0.1, -0.05) is 30.3 Å². The molecule has 0 aliphatic rings. The zero-order chi connectivity index (χ0) is 14.5. The van der Waals surface area contributed by atoms with Gasteiger partial charge in [-0.3, -0.25) is 10.2 Å². The van der Waals surface area contributed by atoms with Gasteiger partial charge in [0.05, 0.1) is 0 Å². The molecule has 1 amide bonds. The fourth-order valence-corrected chi connectivity index (χ4v) is 1.67. The van der Waals surface area contributed by atoms with Gasteiger partial charge >= 0.3 is 0 Å². The number of ether oxygens (including phenoxy) is 1. The van der Waals surface area contributed by atoms with Crippen LogP contribution in [0.5, 0.6) is 5.75 Å². The van der Waals surface area contributed by atoms with Crippen LogP contribution < -0.4 is 16.0 Å². The van der Waals surface area contributed by atoms with Gasteiger partial charge in [0, 0.05) is 11.6 Å². The summed E-state index contributed by atoms with van der Waals surface area (Å²) in [5, 5.41) is 0. The molecule has 0 radical (unpaired) electrons. The fraction of sp³-hybridized carbons (Fsp3) is 0.0714. The van der Waals surface area contributed by atoms with Crippen LogP contribution in [0.3, 0.4) is 0 Å². The van der Waals surface area contributed by atoms with Crippen molar-refractivity contribution in [1.82, 2.24) is 5.43 Å². The largest absolute Gasteiger partial charge is 0.473 e. The van der Waals surface area contributed by atoms with Crippen molar-refractivity contribution in [1.29, 1.82) is 0 Å². The van der Waals surface area contributed by atoms with E-state index in [1.807, 2.05) is 5.43 Å². The average molecular weight is 278 g/mol. The number of benzene rings is 2. The Morgan fingerprint density at radius 2 is 1.85 bits per heavy atom. The van der Waals surface area contributed by atoms with Crippen LogP contribution >= 0.6 is 0 Å². The molecule has 1 atom stereocenters. The van der Waals surface area contributed by atoms with E-state index in [-0.39, 0.29) is 5.75 Å². The second-order valence-corrected chi connectivity index (χ2v) is 3.99. The van der Waals surface area contributed by atoms with Crippen LogP contribution in [0.25, 0.3) is 0 Å². The van der Waals surface area contributed by atoms with Crippen LogP contribution in [0, 0.1) is 11.6 Å². The first kappa shape index (κ1) is 14.0. The van der Waals surface area contributed by atoms with Gasteiger partial charge in [0.15, 0.2) is 11.6 Å². The maximum atomic E-state index is 13.6. The minimum atomic E-state index is -1.17. The average Bonchev–Trinajstić information content (AvgIpc) is 2.48. The van der Waals surface area contributed by atoms with Gasteiger partial charge in [-0.2, -0.15) is 0 Å². The third-order valence-electron chi connectivity index (χ3n) is 2.62. The summed E-state index contributed by atoms with van der Waals surface area (Å²) < 4.78 is 31.9. The number of hydrogen-bond acceptors (Lipinski definition) is 3. The number of carbonyl (C=O) groups is 1. The maximum absolute atomic E-state index is 13.6. The minimum Gasteiger partial charge on any atom is -0.473 e. The van der Waals surface area contributed by atoms with Gasteiger partial charge in [-0.05, 0) is 12.1 Å². The minimum absolute atomic E-state index is 0.359. The summed E-state index contributed by atoms with van der Waals surface area (Å²) in [6, 6.07) is 11.1. The van der Waals surface area contributed by atoms with E-state index in [9.17, 15) is 13.6 Å². The first-order valence-corrected chi connectivity index (χ1v) is 5.79. The number of rotatable bonds is 4. The van der Waals surface area contributed by atoms with Crippen molar-refractivity contribution in [2.24, 2.45) is 5.84 Å². The molecule has 4 nitrogen and oxygen atoms in total. The molecule has 0 saturated heterocycles. The van der Waals surface area contributed by atoms with E-state index in [1.165, 1.54) is 0 Å². The Bertz CT molecular complexity index is 605. The molecule has 0 spiro atoms. The number of halogens is 2. The molecule has 104 valence electrons. The summed E-state index contributed by atoms with van der Waals surface area (Å²) in [6.07, 6.45) is -1.17. The van der Waals surface area contributed by atoms with Crippen LogP contribution in [0.15, 0.2) is 48.5 Å². The third-order valence-corrected chi connectivity index (χ3v) is 2.62. The van der Waals surface area contributed by atoms with Gasteiger partial charge in [-0.25, -0.2) is 14.6 Å². The van der Waals surface area contributed by atoms with Crippen LogP contribution in [-0.4, -0.2) is 5.91 Å². The lowest BCUT2D eigenvalue weighted by molar-refractivity contribution is -0.128. The van der Waals surface area contributed by atoms with E-state index in [2.05, 4.69) is 0 Å². The van der Waals surface area contributed by atoms with E-state index < -0.39 is 23.6 Å². The van der Waals surface area contributed by atoms with Crippen LogP contribution in [-0.2, 0) is 4.79 Å². The summed E-state index contributed by atoms with van der Waals surface area (Å²) >= 11 is 0. The second kappa shape index (κ2) is 6.12. The highest BCUT2D eigenvalue weighted by Crippen LogP contribution is 2.25. The highest BCUT2D eigenvalue weighted by molar-refractivity contribution is 5.82. The zero-order valence-electron chi connectivity index (χ0n) is 10.3. The van der Waals surface area contributed by atoms with Gasteiger partial charge < -0.3 is 4.74 Å². The summed E-state index contributed by atoms with van der Waals surface area (Å²) in [7, 11) is 0. The molecular weight excluding hydrogens is 266 g/mol. The topological polar surface area (TPSA) is 64.3 Å². The van der Waals surface area contributed by atoms with Crippen LogP contribution in [0.4, 0.5) is 8.78 Å². The smallest absolute Gasteiger partial charge is 0.279 e. The van der Waals surface area contributed by atoms with Gasteiger partial charge in [0.1, 0.15) is 5.82 Å². The van der Waals surface area contributed by atoms with Crippen molar-refractivity contribution in [3.63, 3.8) is 0 Å². The summed E-state index contributed by atoms with van der Waals surface area (Å²) in [4.78, 5) is 11.7. The molecule has 0 bridgehead atoms. The number of amides is 1. The molecule has 1 unspecified atom stereocenters. The summed E-state index contributed by atoms with van der Waals surface area (Å²) in [6.45, 7) is 0. The molecule has 0 aromatic heterocycles. The van der Waals surface area contributed by atoms with Crippen LogP contribution in [0.1, 0.15) is 11.7 Å². The van der Waals surface area contributed by atoms with E-state index in [0.717, 1.165) is 18.2 Å². The Balaban J connectivity index is 2.34. The van der Waals surface area contributed by atoms with E-state index in [1.54, 1.807) is 30.3 Å². The van der Waals surface area contributed by atoms with Gasteiger partial charge in [0.2, 0.25) is 6.10 Å². The number of carbonyl (C=O) groups excluding carboxylic acids is 1. The molecule has 6 heteroatoms. The molecule has 2 rings (SSSR count). The summed E-state index contributed by atoms with van der Waals surface area (Å²) in [5.74, 6) is 2.63. The van der Waals surface area contributed by atoms with Crippen molar-refractivity contribution in [3.05, 3.63) is 65.7 Å². The van der Waals surface area contributed by atoms with Crippen molar-refractivity contribution in [2.75, 3.05) is 0 Å². The second-order valence-electron chi connectivity index (χ2n) is 3.99. The molecule has 0 heterocycles. The Kier molecular flexibility index (Phi) is 4.27. The van der Waals surface area contributed by atoms with Crippen molar-refractivity contribution >= 4 is 5.91 Å². The first-order chi connectivity index (χ1) is 9.61. The molecule has 0 aliphatic carbocycles. The molecule has 0 fully saturated rings. The van der Waals surface area contributed by atoms with Crippen LogP contribution in [0.2, 0.25) is 0 Å². The van der Waals surface area contributed by atoms with Gasteiger partial charge in [0.25, 0.3) is 5.91 Å². The van der Waals surface area contributed by atoms with Crippen molar-refractivity contribution in [2.45, 2.75) is 6.10 Å². The lowest BCUT2D eigenvalue weighted by Crippen LogP contribution is -2.37. The Morgan fingerprint density at radius 1 is 1.15 bits per heavy atom. The number of nitrogens with one attached hydrogen (secondary N) is 1. The number of hydrazine groups is 1. The zero-order valence-corrected chi connectivity index (χ0v) is 10.3. The molecule has 2 aromatic carbocycles. The first-order valence-electron chi connectivity index (χ1n) is 5.79. The molecular formula is C14H12F2N2O2. The summed E-state index contributed by atoms with van der Waals surface area (Å²) in [5.41, 5.74) is 2.41. The lowest BCUT2D eigenvalue weighted by atomic mass is 10.1. The lowest BCUT2D eigenvalue weighted by Gasteiger charge is -2.18. The highest BCUT2D eigenvalue weighted by Gasteiger charge is 2.23. The monoisotopic (exact) mass is 278 g/mol. The highest BCUT2D eigenvalue weighted by atomic mass is 19.1. The Morgan fingerprint density at radius 3 is 2.50 bits per heavy atom. The number of nitrogens with two attached hydrogens (primary N) is 1. The predicted molar refractivity (Wildman–Crippen MR) is 68.5 cm³/mol. The van der Waals surface area contributed by atoms with Gasteiger partial charge in [-0.15, -0.1) is 0 Å². The van der Waals surface area contributed by atoms with E-state index in [4.69, 9.17) is 10.6 Å². The molecule has 0 aliphatic heterocycles. The molecule has 3 N–H and O–H groups in total. The maximum Gasteiger partial charge on any atom is 0.279 e. The normalized spacial score (nSPS) is 11.8. The standard InChI is InChI=1S/C14H12F2N2O2/c15-10-6-7-11(16)12(8-10)20-13(14(19)18-17)9-4-2-1-3-5-9/h1-8,13H,17H2,(H,18,19).